The second-order valence-electron chi connectivity index (χ2n) is 4.15. The van der Waals surface area contributed by atoms with Crippen molar-refractivity contribution in [1.29, 1.82) is 0 Å². The molecular formula is C13H20F2N2. The van der Waals surface area contributed by atoms with E-state index in [0.717, 1.165) is 19.0 Å². The van der Waals surface area contributed by atoms with Crippen LogP contribution in [-0.4, -0.2) is 26.2 Å². The molecule has 0 aliphatic heterocycles. The Labute approximate surface area is 102 Å². The lowest BCUT2D eigenvalue weighted by molar-refractivity contribution is 0.547. The van der Waals surface area contributed by atoms with Crippen molar-refractivity contribution in [3.05, 3.63) is 29.8 Å². The summed E-state index contributed by atoms with van der Waals surface area (Å²) in [7, 11) is 1.90. The Bertz CT molecular complexity index is 355. The molecule has 2 nitrogen and oxygen atoms in total. The maximum Gasteiger partial charge on any atom is 0.149 e. The highest BCUT2D eigenvalue weighted by atomic mass is 19.1. The Hall–Kier alpha value is -1.16. The minimum atomic E-state index is -0.536. The molecule has 4 heteroatoms. The van der Waals surface area contributed by atoms with E-state index in [4.69, 9.17) is 0 Å². The monoisotopic (exact) mass is 242 g/mol. The first kappa shape index (κ1) is 13.9. The van der Waals surface area contributed by atoms with Crippen LogP contribution in [0.15, 0.2) is 18.2 Å². The summed E-state index contributed by atoms with van der Waals surface area (Å²) in [4.78, 5) is 1.92. The molecule has 0 saturated carbocycles. The van der Waals surface area contributed by atoms with Gasteiger partial charge in [0.05, 0.1) is 5.69 Å². The second-order valence-corrected chi connectivity index (χ2v) is 4.15. The number of anilines is 1. The Morgan fingerprint density at radius 2 is 2.06 bits per heavy atom. The number of hydrogen-bond donors (Lipinski definition) is 1. The highest BCUT2D eigenvalue weighted by Crippen LogP contribution is 2.20. The van der Waals surface area contributed by atoms with E-state index in [0.29, 0.717) is 18.3 Å². The van der Waals surface area contributed by atoms with Gasteiger partial charge in [-0.15, -0.1) is 0 Å². The molecule has 1 rings (SSSR count). The largest absolute Gasteiger partial charge is 0.369 e. The lowest BCUT2D eigenvalue weighted by atomic mass is 10.2. The first-order chi connectivity index (χ1) is 8.08. The molecule has 0 fully saturated rings. The van der Waals surface area contributed by atoms with Gasteiger partial charge in [0.2, 0.25) is 0 Å². The summed E-state index contributed by atoms with van der Waals surface area (Å²) in [5.74, 6) is -1.03. The molecule has 0 heterocycles. The van der Waals surface area contributed by atoms with Crippen LogP contribution in [-0.2, 0) is 0 Å². The molecule has 0 bridgehead atoms. The molecule has 0 aliphatic rings. The van der Waals surface area contributed by atoms with E-state index >= 15 is 0 Å². The molecule has 0 aromatic heterocycles. The van der Waals surface area contributed by atoms with Crippen LogP contribution in [0.4, 0.5) is 14.5 Å². The van der Waals surface area contributed by atoms with Crippen LogP contribution in [0.25, 0.3) is 0 Å². The molecule has 96 valence electrons. The zero-order chi connectivity index (χ0) is 12.8. The van der Waals surface area contributed by atoms with Gasteiger partial charge in [-0.2, -0.15) is 0 Å². The molecule has 1 unspecified atom stereocenters. The van der Waals surface area contributed by atoms with Gasteiger partial charge in [0, 0.05) is 25.2 Å². The van der Waals surface area contributed by atoms with Gasteiger partial charge < -0.3 is 10.2 Å². The maximum atomic E-state index is 13.6. The molecule has 0 amide bonds. The summed E-state index contributed by atoms with van der Waals surface area (Å²) in [6.45, 7) is 5.50. The van der Waals surface area contributed by atoms with Crippen LogP contribution in [0.3, 0.4) is 0 Å². The van der Waals surface area contributed by atoms with Gasteiger partial charge in [-0.1, -0.05) is 0 Å². The number of hydrogen-bond acceptors (Lipinski definition) is 2. The average Bonchev–Trinajstić information content (AvgIpc) is 2.31. The van der Waals surface area contributed by atoms with E-state index in [2.05, 4.69) is 12.2 Å². The van der Waals surface area contributed by atoms with Crippen LogP contribution >= 0.6 is 0 Å². The van der Waals surface area contributed by atoms with Crippen molar-refractivity contribution >= 4 is 5.69 Å². The molecule has 0 saturated heterocycles. The third-order valence-electron chi connectivity index (χ3n) is 2.96. The second kappa shape index (κ2) is 6.55. The van der Waals surface area contributed by atoms with Crippen molar-refractivity contribution in [3.63, 3.8) is 0 Å². The van der Waals surface area contributed by atoms with Crippen molar-refractivity contribution in [1.82, 2.24) is 5.32 Å². The zero-order valence-electron chi connectivity index (χ0n) is 10.6. The fourth-order valence-corrected chi connectivity index (χ4v) is 1.68. The molecule has 1 atom stereocenters. The summed E-state index contributed by atoms with van der Waals surface area (Å²) >= 11 is 0. The van der Waals surface area contributed by atoms with E-state index in [9.17, 15) is 8.78 Å². The molecule has 1 aromatic carbocycles. The number of rotatable bonds is 6. The van der Waals surface area contributed by atoms with Gasteiger partial charge >= 0.3 is 0 Å². The van der Waals surface area contributed by atoms with Crippen molar-refractivity contribution < 1.29 is 8.78 Å². The maximum absolute atomic E-state index is 13.6. The normalized spacial score (nSPS) is 12.5. The smallest absolute Gasteiger partial charge is 0.149 e. The molecule has 0 aliphatic carbocycles. The van der Waals surface area contributed by atoms with Crippen molar-refractivity contribution in [2.45, 2.75) is 26.3 Å². The van der Waals surface area contributed by atoms with Gasteiger partial charge in [0.25, 0.3) is 0 Å². The lowest BCUT2D eigenvalue weighted by Crippen LogP contribution is -2.31. The van der Waals surface area contributed by atoms with Crippen LogP contribution in [0, 0.1) is 11.6 Å². The topological polar surface area (TPSA) is 15.3 Å². The van der Waals surface area contributed by atoms with Crippen LogP contribution in [0.1, 0.15) is 20.3 Å². The zero-order valence-corrected chi connectivity index (χ0v) is 10.6. The SMILES string of the molecule is CCN(CCC(C)NC)c1ccc(F)cc1F. The Kier molecular flexibility index (Phi) is 5.35. The van der Waals surface area contributed by atoms with Crippen LogP contribution in [0.2, 0.25) is 0 Å². The first-order valence-corrected chi connectivity index (χ1v) is 5.95. The van der Waals surface area contributed by atoms with Gasteiger partial charge in [0.15, 0.2) is 0 Å². The Morgan fingerprint density at radius 1 is 1.35 bits per heavy atom. The van der Waals surface area contributed by atoms with Crippen LogP contribution in [0.5, 0.6) is 0 Å². The molecule has 17 heavy (non-hydrogen) atoms. The van der Waals surface area contributed by atoms with Crippen molar-refractivity contribution in [2.24, 2.45) is 0 Å². The van der Waals surface area contributed by atoms with Gasteiger partial charge in [-0.05, 0) is 39.4 Å². The summed E-state index contributed by atoms with van der Waals surface area (Å²) in [6, 6.07) is 4.10. The fraction of sp³-hybridized carbons (Fsp3) is 0.538. The summed E-state index contributed by atoms with van der Waals surface area (Å²) in [5.41, 5.74) is 0.470. The van der Waals surface area contributed by atoms with Crippen molar-refractivity contribution in [2.75, 3.05) is 25.0 Å². The minimum absolute atomic E-state index is 0.382. The highest BCUT2D eigenvalue weighted by molar-refractivity contribution is 5.47. The summed E-state index contributed by atoms with van der Waals surface area (Å²) in [5, 5.41) is 3.14. The average molecular weight is 242 g/mol. The van der Waals surface area contributed by atoms with E-state index in [1.807, 2.05) is 18.9 Å². The van der Waals surface area contributed by atoms with Crippen LogP contribution < -0.4 is 10.2 Å². The quantitative estimate of drug-likeness (QED) is 0.825. The van der Waals surface area contributed by atoms with Gasteiger partial charge in [-0.25, -0.2) is 8.78 Å². The third-order valence-corrected chi connectivity index (χ3v) is 2.96. The predicted octanol–water partition coefficient (Wildman–Crippen LogP) is 2.79. The Morgan fingerprint density at radius 3 is 2.59 bits per heavy atom. The number of nitrogens with one attached hydrogen (secondary N) is 1. The third kappa shape index (κ3) is 3.97. The lowest BCUT2D eigenvalue weighted by Gasteiger charge is -2.25. The van der Waals surface area contributed by atoms with Gasteiger partial charge in [-0.3, -0.25) is 0 Å². The minimum Gasteiger partial charge on any atom is -0.369 e. The predicted molar refractivity (Wildman–Crippen MR) is 67.4 cm³/mol. The highest BCUT2D eigenvalue weighted by Gasteiger charge is 2.11. The van der Waals surface area contributed by atoms with E-state index in [1.54, 1.807) is 0 Å². The van der Waals surface area contributed by atoms with Gasteiger partial charge in [0.1, 0.15) is 11.6 Å². The molecule has 0 radical (unpaired) electrons. The molecular weight excluding hydrogens is 222 g/mol. The van der Waals surface area contributed by atoms with E-state index in [1.165, 1.54) is 12.1 Å². The molecule has 0 spiro atoms. The fourth-order valence-electron chi connectivity index (χ4n) is 1.68. The van der Waals surface area contributed by atoms with Crippen molar-refractivity contribution in [3.8, 4) is 0 Å². The first-order valence-electron chi connectivity index (χ1n) is 5.95. The van der Waals surface area contributed by atoms with E-state index < -0.39 is 11.6 Å². The summed E-state index contributed by atoms with van der Waals surface area (Å²) in [6.07, 6.45) is 0.918. The number of nitrogens with zero attached hydrogens (tertiary/aromatic N) is 1. The summed E-state index contributed by atoms with van der Waals surface area (Å²) < 4.78 is 26.4. The van der Waals surface area contributed by atoms with E-state index in [-0.39, 0.29) is 0 Å². The molecule has 1 N–H and O–H groups in total. The molecule has 1 aromatic rings. The number of benzene rings is 1. The Balaban J connectivity index is 2.72. The number of halogens is 2. The standard InChI is InChI=1S/C13H20F2N2/c1-4-17(8-7-10(2)16-3)13-6-5-11(14)9-12(13)15/h5-6,9-10,16H,4,7-8H2,1-3H3.